The Morgan fingerprint density at radius 1 is 0.367 bits per heavy atom. The highest BCUT2D eigenvalue weighted by Crippen LogP contribution is 2.31. The van der Waals surface area contributed by atoms with Crippen LogP contribution in [0.1, 0.15) is 471 Å². The van der Waals surface area contributed by atoms with Gasteiger partial charge in [-0.3, -0.25) is 24.1 Å². The average molecular weight is 1820 g/mol. The number of nitrogens with one attached hydrogen (secondary N) is 2. The molecule has 3 fully saturated rings. The van der Waals surface area contributed by atoms with Crippen molar-refractivity contribution in [1.82, 2.24) is 20.4 Å². The SMILES string of the molecule is CCCCCCCCCCCCCCCCCCN(CCCCCCCCCCCCCCCCCC)CC(=O)CCC(=O)NCC1O[C@H](OC(CO)[C@@H](CO)OCOC2C(O)[C@H](N)CC(N)[C@H]2O[C@H]2OC(NC(=O)CCC(=O)N(CCCCCCCCCCCCCCCCCC)CCCCCCCCCCCCCCCCCC)[C@@H](O)C(O)C2N)C(N)C(O)[C@@H]1O. The van der Waals surface area contributed by atoms with Gasteiger partial charge in [0.1, 0.15) is 67.5 Å². The van der Waals surface area contributed by atoms with Crippen molar-refractivity contribution in [2.24, 2.45) is 22.9 Å². The van der Waals surface area contributed by atoms with Crippen LogP contribution < -0.4 is 33.6 Å². The standard InChI is InChI=1S/C103H202N8O17/c1-5-9-13-17-21-25-29-33-37-41-45-49-53-57-61-65-73-110(74-66-62-58-54-50-46-42-38-34-30-26-22-18-14-10-6-2)79-83(114)69-70-89(115)108-78-86-95(119)96(120)92(106)102(125-86)126-88(81-113)87(80-112)123-82-124-100-94(118)84(104)77-85(105)99(100)127-103-93(107)97(121)98(122)101(128-103)109-90(116)71-72-91(117)111(75-67-63-59-55-51-47-43-39-35-31-27-23-19-15-11-7-3)76-68-64-60-56-52-48-44-40-36-32-28-24-20-16-12-8-4/h84-88,92-103,112-113,118-122H,5-82,104-107H2,1-4H3,(H,108,115)(H,109,116)/t84-,85?,86?,87-,88?,92?,93?,94?,95-,96?,97?,98+,99-,100?,101?,102-,103+/m1/s1. The van der Waals surface area contributed by atoms with Gasteiger partial charge < -0.3 is 103 Å². The van der Waals surface area contributed by atoms with Crippen molar-refractivity contribution in [3.63, 3.8) is 0 Å². The quantitative estimate of drug-likeness (QED) is 0.0199. The van der Waals surface area contributed by atoms with E-state index in [0.29, 0.717) is 13.1 Å². The van der Waals surface area contributed by atoms with E-state index in [-0.39, 0.29) is 56.9 Å². The van der Waals surface area contributed by atoms with Gasteiger partial charge in [0.05, 0.1) is 37.9 Å². The highest BCUT2D eigenvalue weighted by Gasteiger charge is 2.50. The number of aliphatic hydroxyl groups excluding tert-OH is 7. The lowest BCUT2D eigenvalue weighted by Crippen LogP contribution is -2.69. The first-order chi connectivity index (χ1) is 62.3. The number of ether oxygens (including phenoxy) is 6. The van der Waals surface area contributed by atoms with Gasteiger partial charge in [0.25, 0.3) is 0 Å². The molecule has 2 saturated heterocycles. The largest absolute Gasteiger partial charge is 0.394 e. The first-order valence-electron chi connectivity index (χ1n) is 53.9. The van der Waals surface area contributed by atoms with Crippen molar-refractivity contribution in [3.05, 3.63) is 0 Å². The molecule has 1 saturated carbocycles. The molecule has 0 aromatic heterocycles. The minimum Gasteiger partial charge on any atom is -0.394 e. The van der Waals surface area contributed by atoms with E-state index >= 15 is 0 Å². The van der Waals surface area contributed by atoms with Gasteiger partial charge in [0.2, 0.25) is 17.7 Å². The molecule has 25 nitrogen and oxygen atoms in total. The lowest BCUT2D eigenvalue weighted by molar-refractivity contribution is -0.306. The van der Waals surface area contributed by atoms with E-state index in [9.17, 15) is 54.9 Å². The third-order valence-corrected chi connectivity index (χ3v) is 27.4. The highest BCUT2D eigenvalue weighted by atomic mass is 16.7. The van der Waals surface area contributed by atoms with E-state index in [1.807, 2.05) is 4.90 Å². The van der Waals surface area contributed by atoms with Gasteiger partial charge in [-0.1, -0.05) is 413 Å². The maximum atomic E-state index is 14.0. The molecule has 0 radical (unpaired) electrons. The molecule has 3 aliphatic rings. The van der Waals surface area contributed by atoms with E-state index in [2.05, 4.69) is 43.2 Å². The Morgan fingerprint density at radius 2 is 0.703 bits per heavy atom. The van der Waals surface area contributed by atoms with Crippen LogP contribution in [-0.4, -0.2) is 232 Å². The molecule has 0 aromatic carbocycles. The number of carbonyl (C=O) groups is 4. The van der Waals surface area contributed by atoms with Crippen LogP contribution in [0.15, 0.2) is 0 Å². The summed E-state index contributed by atoms with van der Waals surface area (Å²) in [6.07, 6.45) is 61.9. The summed E-state index contributed by atoms with van der Waals surface area (Å²) >= 11 is 0. The van der Waals surface area contributed by atoms with Gasteiger partial charge >= 0.3 is 0 Å². The van der Waals surface area contributed by atoms with Crippen molar-refractivity contribution in [2.45, 2.75) is 575 Å². The van der Waals surface area contributed by atoms with Crippen molar-refractivity contribution < 1.29 is 83.3 Å². The number of carbonyl (C=O) groups excluding carboxylic acids is 4. The molecule has 25 heteroatoms. The Hall–Kier alpha value is -2.64. The smallest absolute Gasteiger partial charge is 0.223 e. The zero-order chi connectivity index (χ0) is 93.1. The van der Waals surface area contributed by atoms with Crippen LogP contribution in [0.25, 0.3) is 0 Å². The van der Waals surface area contributed by atoms with Crippen LogP contribution in [0, 0.1) is 0 Å². The fraction of sp³-hybridized carbons (Fsp3) is 0.961. The van der Waals surface area contributed by atoms with Crippen LogP contribution >= 0.6 is 0 Å². The summed E-state index contributed by atoms with van der Waals surface area (Å²) < 4.78 is 36.5. The Bertz CT molecular complexity index is 2490. The van der Waals surface area contributed by atoms with Crippen molar-refractivity contribution >= 4 is 23.5 Å². The second-order valence-electron chi connectivity index (χ2n) is 39.0. The minimum atomic E-state index is -1.71. The molecule has 756 valence electrons. The summed E-state index contributed by atoms with van der Waals surface area (Å²) in [5.41, 5.74) is 25.8. The molecular weight excluding hydrogens is 1620 g/mol. The van der Waals surface area contributed by atoms with E-state index in [1.165, 1.54) is 347 Å². The van der Waals surface area contributed by atoms with Gasteiger partial charge in [0, 0.05) is 57.4 Å². The Labute approximate surface area is 780 Å². The number of ketones is 1. The molecule has 1 aliphatic carbocycles. The molecule has 2 heterocycles. The number of unbranched alkanes of at least 4 members (excludes halogenated alkanes) is 60. The molecule has 0 aromatic rings. The summed E-state index contributed by atoms with van der Waals surface area (Å²) in [6, 6.07) is -4.68. The summed E-state index contributed by atoms with van der Waals surface area (Å²) in [6.45, 7) is 9.69. The monoisotopic (exact) mass is 1820 g/mol. The Balaban J connectivity index is 1.53. The van der Waals surface area contributed by atoms with Crippen LogP contribution in [0.2, 0.25) is 0 Å². The van der Waals surface area contributed by atoms with Gasteiger partial charge in [-0.2, -0.15) is 0 Å². The molecule has 10 unspecified atom stereocenters. The number of hydrogen-bond acceptors (Lipinski definition) is 22. The zero-order valence-corrected chi connectivity index (χ0v) is 82.4. The molecule has 17 atom stereocenters. The first kappa shape index (κ1) is 120. The maximum Gasteiger partial charge on any atom is 0.223 e. The molecule has 0 bridgehead atoms. The van der Waals surface area contributed by atoms with E-state index in [0.717, 1.165) is 77.3 Å². The average Bonchev–Trinajstić information content (AvgIpc) is 0.795. The van der Waals surface area contributed by atoms with Crippen molar-refractivity contribution in [2.75, 3.05) is 59.3 Å². The zero-order valence-electron chi connectivity index (χ0n) is 82.4. The topological polar surface area (TPSA) is 400 Å². The van der Waals surface area contributed by atoms with Crippen LogP contribution in [0.4, 0.5) is 0 Å². The van der Waals surface area contributed by atoms with Crippen molar-refractivity contribution in [1.29, 1.82) is 0 Å². The number of Topliss-reactive ketones (excluding diaryl/α,β-unsaturated/α-hetero) is 1. The molecular formula is C103H202N8O17. The third kappa shape index (κ3) is 58.1. The highest BCUT2D eigenvalue weighted by molar-refractivity contribution is 5.86. The predicted molar refractivity (Wildman–Crippen MR) is 518 cm³/mol. The van der Waals surface area contributed by atoms with Gasteiger partial charge in [-0.25, -0.2) is 0 Å². The molecule has 17 N–H and O–H groups in total. The van der Waals surface area contributed by atoms with E-state index < -0.39 is 136 Å². The number of amides is 3. The summed E-state index contributed by atoms with van der Waals surface area (Å²) in [7, 11) is 0. The molecule has 3 amide bonds. The van der Waals surface area contributed by atoms with Gasteiger partial charge in [-0.15, -0.1) is 0 Å². The summed E-state index contributed by atoms with van der Waals surface area (Å²) in [5.74, 6) is -1.22. The van der Waals surface area contributed by atoms with Crippen molar-refractivity contribution in [3.8, 4) is 0 Å². The second-order valence-corrected chi connectivity index (χ2v) is 39.0. The summed E-state index contributed by atoms with van der Waals surface area (Å²) in [4.78, 5) is 59.0. The predicted octanol–water partition coefficient (Wildman–Crippen LogP) is 17.9. The molecule has 3 rings (SSSR count). The number of aliphatic hydroxyl groups is 7. The number of nitrogens with zero attached hydrogens (tertiary/aromatic N) is 2. The fourth-order valence-corrected chi connectivity index (χ4v) is 18.7. The van der Waals surface area contributed by atoms with Crippen LogP contribution in [0.5, 0.6) is 0 Å². The third-order valence-electron chi connectivity index (χ3n) is 27.4. The van der Waals surface area contributed by atoms with E-state index in [4.69, 9.17) is 51.4 Å². The molecule has 0 spiro atoms. The summed E-state index contributed by atoms with van der Waals surface area (Å²) in [5, 5.41) is 83.2. The molecule has 2 aliphatic heterocycles. The number of nitrogens with two attached hydrogens (primary N) is 4. The van der Waals surface area contributed by atoms with Gasteiger partial charge in [0.15, 0.2) is 18.8 Å². The Kier molecular flexibility index (Phi) is 76.1. The lowest BCUT2D eigenvalue weighted by atomic mass is 9.84. The fourth-order valence-electron chi connectivity index (χ4n) is 18.7. The number of rotatable bonds is 90. The lowest BCUT2D eigenvalue weighted by Gasteiger charge is -2.47. The van der Waals surface area contributed by atoms with Crippen LogP contribution in [0.3, 0.4) is 0 Å². The number of hydrogen-bond donors (Lipinski definition) is 13. The molecule has 128 heavy (non-hydrogen) atoms. The minimum absolute atomic E-state index is 0.0221. The van der Waals surface area contributed by atoms with E-state index in [1.54, 1.807) is 0 Å². The van der Waals surface area contributed by atoms with Gasteiger partial charge in [-0.05, 0) is 45.2 Å². The van der Waals surface area contributed by atoms with Crippen LogP contribution in [-0.2, 0) is 47.6 Å². The first-order valence-corrected chi connectivity index (χ1v) is 53.9. The maximum absolute atomic E-state index is 14.0. The normalized spacial score (nSPS) is 23.1. The second kappa shape index (κ2) is 81.5. The Morgan fingerprint density at radius 3 is 1.07 bits per heavy atom.